The molecule has 1 aromatic rings. The Bertz CT molecular complexity index is 694. The normalized spacial score (nSPS) is 18.3. The SMILES string of the molecule is CNCC1CCCN(S(=O)(=O)c2ccc(OC)c(C(=O)OC)c2)C1.Cl. The van der Waals surface area contributed by atoms with E-state index in [1.807, 2.05) is 7.05 Å². The van der Waals surface area contributed by atoms with E-state index >= 15 is 0 Å². The van der Waals surface area contributed by atoms with Gasteiger partial charge in [-0.05, 0) is 50.6 Å². The predicted molar refractivity (Wildman–Crippen MR) is 97.0 cm³/mol. The molecule has 1 unspecified atom stereocenters. The van der Waals surface area contributed by atoms with Crippen LogP contribution in [0.2, 0.25) is 0 Å². The summed E-state index contributed by atoms with van der Waals surface area (Å²) in [5, 5.41) is 3.10. The van der Waals surface area contributed by atoms with Gasteiger partial charge in [-0.2, -0.15) is 4.31 Å². The average Bonchev–Trinajstić information content (AvgIpc) is 2.61. The summed E-state index contributed by atoms with van der Waals surface area (Å²) in [7, 11) is 0.866. The third-order valence-electron chi connectivity index (χ3n) is 4.19. The van der Waals surface area contributed by atoms with Crippen LogP contribution in [-0.4, -0.2) is 59.6 Å². The molecule has 1 fully saturated rings. The van der Waals surface area contributed by atoms with Crippen LogP contribution in [0.15, 0.2) is 23.1 Å². The first kappa shape index (κ1) is 21.7. The van der Waals surface area contributed by atoms with Crippen LogP contribution in [0.3, 0.4) is 0 Å². The van der Waals surface area contributed by atoms with E-state index in [-0.39, 0.29) is 34.5 Å². The highest BCUT2D eigenvalue weighted by Gasteiger charge is 2.31. The molecule has 2 rings (SSSR count). The number of halogens is 1. The number of benzene rings is 1. The number of esters is 1. The van der Waals surface area contributed by atoms with Gasteiger partial charge in [0, 0.05) is 13.1 Å². The largest absolute Gasteiger partial charge is 0.496 e. The molecule has 1 aliphatic heterocycles. The first-order valence-corrected chi connectivity index (χ1v) is 9.29. The number of hydrogen-bond donors (Lipinski definition) is 1. The van der Waals surface area contributed by atoms with Crippen LogP contribution in [0.1, 0.15) is 23.2 Å². The Balaban J connectivity index is 0.00000312. The fourth-order valence-corrected chi connectivity index (χ4v) is 4.55. The summed E-state index contributed by atoms with van der Waals surface area (Å²) in [6.07, 6.45) is 1.83. The number of carbonyl (C=O) groups is 1. The molecule has 0 radical (unpaired) electrons. The van der Waals surface area contributed by atoms with Crippen LogP contribution in [-0.2, 0) is 14.8 Å². The van der Waals surface area contributed by atoms with Crippen LogP contribution in [0.25, 0.3) is 0 Å². The van der Waals surface area contributed by atoms with Crippen molar-refractivity contribution in [1.82, 2.24) is 9.62 Å². The molecule has 0 bridgehead atoms. The first-order valence-electron chi connectivity index (χ1n) is 7.85. The van der Waals surface area contributed by atoms with Crippen LogP contribution in [0.5, 0.6) is 5.75 Å². The molecule has 0 saturated carbocycles. The molecule has 0 aromatic heterocycles. The molecule has 1 aromatic carbocycles. The predicted octanol–water partition coefficient (Wildman–Crippen LogP) is 1.52. The summed E-state index contributed by atoms with van der Waals surface area (Å²) >= 11 is 0. The maximum absolute atomic E-state index is 12.9. The lowest BCUT2D eigenvalue weighted by molar-refractivity contribution is 0.0596. The van der Waals surface area contributed by atoms with E-state index in [0.29, 0.717) is 13.1 Å². The minimum atomic E-state index is -3.66. The molecular weight excluding hydrogens is 368 g/mol. The molecule has 1 N–H and O–H groups in total. The average molecular weight is 393 g/mol. The molecule has 7 nitrogen and oxygen atoms in total. The lowest BCUT2D eigenvalue weighted by atomic mass is 10.00. The zero-order chi connectivity index (χ0) is 17.7. The van der Waals surface area contributed by atoms with Gasteiger partial charge in [0.25, 0.3) is 0 Å². The molecule has 25 heavy (non-hydrogen) atoms. The van der Waals surface area contributed by atoms with E-state index in [2.05, 4.69) is 5.32 Å². The second kappa shape index (κ2) is 9.38. The Labute approximate surface area is 155 Å². The molecule has 0 aliphatic carbocycles. The summed E-state index contributed by atoms with van der Waals surface area (Å²) < 4.78 is 37.1. The van der Waals surface area contributed by atoms with E-state index < -0.39 is 16.0 Å². The van der Waals surface area contributed by atoms with Crippen molar-refractivity contribution in [2.75, 3.05) is 40.9 Å². The molecule has 1 heterocycles. The Kier molecular flexibility index (Phi) is 8.14. The first-order chi connectivity index (χ1) is 11.4. The summed E-state index contributed by atoms with van der Waals surface area (Å²) in [5.41, 5.74) is 0.102. The molecule has 0 spiro atoms. The highest BCUT2D eigenvalue weighted by molar-refractivity contribution is 7.89. The van der Waals surface area contributed by atoms with Gasteiger partial charge in [0.15, 0.2) is 0 Å². The lowest BCUT2D eigenvalue weighted by Crippen LogP contribution is -2.42. The van der Waals surface area contributed by atoms with Crippen molar-refractivity contribution in [3.05, 3.63) is 23.8 Å². The fraction of sp³-hybridized carbons (Fsp3) is 0.562. The highest BCUT2D eigenvalue weighted by Crippen LogP contribution is 2.27. The fourth-order valence-electron chi connectivity index (χ4n) is 2.97. The van der Waals surface area contributed by atoms with Crippen molar-refractivity contribution in [3.8, 4) is 5.75 Å². The van der Waals surface area contributed by atoms with E-state index in [1.54, 1.807) is 0 Å². The number of piperidine rings is 1. The smallest absolute Gasteiger partial charge is 0.341 e. The number of nitrogens with zero attached hydrogens (tertiary/aromatic N) is 1. The quantitative estimate of drug-likeness (QED) is 0.739. The van der Waals surface area contributed by atoms with Gasteiger partial charge in [0.1, 0.15) is 11.3 Å². The number of ether oxygens (including phenoxy) is 2. The van der Waals surface area contributed by atoms with Crippen molar-refractivity contribution >= 4 is 28.4 Å². The molecule has 1 atom stereocenters. The highest BCUT2D eigenvalue weighted by atomic mass is 35.5. The number of nitrogens with one attached hydrogen (secondary N) is 1. The van der Waals surface area contributed by atoms with Crippen molar-refractivity contribution < 1.29 is 22.7 Å². The summed E-state index contributed by atoms with van der Waals surface area (Å²) in [5.74, 6) is -0.0556. The molecule has 0 amide bonds. The van der Waals surface area contributed by atoms with Gasteiger partial charge in [0.2, 0.25) is 10.0 Å². The van der Waals surface area contributed by atoms with Crippen LogP contribution in [0.4, 0.5) is 0 Å². The maximum Gasteiger partial charge on any atom is 0.341 e. The summed E-state index contributed by atoms with van der Waals surface area (Å²) in [6.45, 7) is 1.74. The van der Waals surface area contributed by atoms with Gasteiger partial charge in [-0.25, -0.2) is 13.2 Å². The molecule has 1 aliphatic rings. The molecular formula is C16H25ClN2O5S. The molecule has 9 heteroatoms. The van der Waals surface area contributed by atoms with Crippen molar-refractivity contribution in [1.29, 1.82) is 0 Å². The monoisotopic (exact) mass is 392 g/mol. The number of carbonyl (C=O) groups excluding carboxylic acids is 1. The van der Waals surface area contributed by atoms with E-state index in [9.17, 15) is 13.2 Å². The number of rotatable bonds is 6. The van der Waals surface area contributed by atoms with Gasteiger partial charge in [-0.3, -0.25) is 0 Å². The molecule has 142 valence electrons. The van der Waals surface area contributed by atoms with E-state index in [0.717, 1.165) is 19.4 Å². The number of methoxy groups -OCH3 is 2. The van der Waals surface area contributed by atoms with E-state index in [4.69, 9.17) is 9.47 Å². The third kappa shape index (κ3) is 4.84. The van der Waals surface area contributed by atoms with E-state index in [1.165, 1.54) is 36.7 Å². The van der Waals surface area contributed by atoms with Gasteiger partial charge < -0.3 is 14.8 Å². The zero-order valence-corrected chi connectivity index (χ0v) is 16.3. The zero-order valence-electron chi connectivity index (χ0n) is 14.6. The second-order valence-electron chi connectivity index (χ2n) is 5.78. The Morgan fingerprint density at radius 3 is 2.68 bits per heavy atom. The Morgan fingerprint density at radius 1 is 1.36 bits per heavy atom. The number of hydrogen-bond acceptors (Lipinski definition) is 6. The van der Waals surface area contributed by atoms with Crippen LogP contribution < -0.4 is 10.1 Å². The lowest BCUT2D eigenvalue weighted by Gasteiger charge is -2.32. The Morgan fingerprint density at radius 2 is 2.08 bits per heavy atom. The maximum atomic E-state index is 12.9. The summed E-state index contributed by atoms with van der Waals surface area (Å²) in [4.78, 5) is 11.9. The second-order valence-corrected chi connectivity index (χ2v) is 7.72. The minimum Gasteiger partial charge on any atom is -0.496 e. The topological polar surface area (TPSA) is 84.9 Å². The van der Waals surface area contributed by atoms with Crippen molar-refractivity contribution in [2.45, 2.75) is 17.7 Å². The van der Waals surface area contributed by atoms with Gasteiger partial charge in [-0.1, -0.05) is 0 Å². The van der Waals surface area contributed by atoms with Gasteiger partial charge in [0.05, 0.1) is 19.1 Å². The standard InChI is InChI=1S/C16H24N2O5S.ClH/c1-17-10-12-5-4-8-18(11-12)24(20,21)13-6-7-15(22-2)14(9-13)16(19)23-3;/h6-7,9,12,17H,4-5,8,10-11H2,1-3H3;1H. The van der Waals surface area contributed by atoms with Crippen molar-refractivity contribution in [3.63, 3.8) is 0 Å². The van der Waals surface area contributed by atoms with Crippen LogP contribution >= 0.6 is 12.4 Å². The molecule has 1 saturated heterocycles. The Hall–Kier alpha value is -1.35. The van der Waals surface area contributed by atoms with Crippen LogP contribution in [0, 0.1) is 5.92 Å². The number of sulfonamides is 1. The van der Waals surface area contributed by atoms with Crippen molar-refractivity contribution in [2.24, 2.45) is 5.92 Å². The van der Waals surface area contributed by atoms with Gasteiger partial charge >= 0.3 is 5.97 Å². The van der Waals surface area contributed by atoms with Gasteiger partial charge in [-0.15, -0.1) is 12.4 Å². The third-order valence-corrected chi connectivity index (χ3v) is 6.05. The minimum absolute atomic E-state index is 0. The summed E-state index contributed by atoms with van der Waals surface area (Å²) in [6, 6.07) is 4.26.